The van der Waals surface area contributed by atoms with E-state index in [-0.39, 0.29) is 5.70 Å². The molecule has 0 aliphatic heterocycles. The zero-order valence-corrected chi connectivity index (χ0v) is 16.0. The average molecular weight is 380 g/mol. The summed E-state index contributed by atoms with van der Waals surface area (Å²) in [7, 11) is 2.46. The van der Waals surface area contributed by atoms with Crippen molar-refractivity contribution in [1.29, 1.82) is 0 Å². The van der Waals surface area contributed by atoms with Gasteiger partial charge in [-0.05, 0) is 43.2 Å². The molecule has 0 atom stereocenters. The van der Waals surface area contributed by atoms with E-state index >= 15 is 0 Å². The second kappa shape index (κ2) is 7.96. The van der Waals surface area contributed by atoms with E-state index in [1.807, 2.05) is 38.1 Å². The van der Waals surface area contributed by atoms with E-state index in [2.05, 4.69) is 15.0 Å². The third kappa shape index (κ3) is 3.88. The van der Waals surface area contributed by atoms with Crippen molar-refractivity contribution >= 4 is 28.7 Å². The highest BCUT2D eigenvalue weighted by atomic mass is 16.5. The number of esters is 2. The molecule has 1 aromatic heterocycles. The summed E-state index contributed by atoms with van der Waals surface area (Å²) in [4.78, 5) is 28.1. The minimum Gasteiger partial charge on any atom is -0.466 e. The van der Waals surface area contributed by atoms with E-state index in [0.29, 0.717) is 22.7 Å². The number of methoxy groups -OCH3 is 2. The van der Waals surface area contributed by atoms with Crippen LogP contribution in [0.2, 0.25) is 0 Å². The first-order valence-corrected chi connectivity index (χ1v) is 8.55. The van der Waals surface area contributed by atoms with Gasteiger partial charge in [0.1, 0.15) is 11.2 Å². The van der Waals surface area contributed by atoms with Gasteiger partial charge in [-0.1, -0.05) is 18.2 Å². The fourth-order valence-corrected chi connectivity index (χ4v) is 2.79. The van der Waals surface area contributed by atoms with E-state index < -0.39 is 11.9 Å². The lowest BCUT2D eigenvalue weighted by Gasteiger charge is -2.09. The van der Waals surface area contributed by atoms with Gasteiger partial charge in [0.2, 0.25) is 5.89 Å². The van der Waals surface area contributed by atoms with Crippen LogP contribution in [-0.2, 0) is 19.1 Å². The van der Waals surface area contributed by atoms with Crippen LogP contribution in [-0.4, -0.2) is 31.1 Å². The largest absolute Gasteiger partial charge is 0.466 e. The zero-order valence-electron chi connectivity index (χ0n) is 16.0. The molecule has 1 heterocycles. The number of fused-ring (bicyclic) bond motifs is 1. The first-order valence-electron chi connectivity index (χ1n) is 8.55. The minimum atomic E-state index is -0.691. The van der Waals surface area contributed by atoms with Gasteiger partial charge >= 0.3 is 11.9 Å². The molecule has 0 bridgehead atoms. The lowest BCUT2D eigenvalue weighted by molar-refractivity contribution is -0.138. The fraction of sp³-hybridized carbons (Fsp3) is 0.190. The Labute approximate surface area is 162 Å². The predicted molar refractivity (Wildman–Crippen MR) is 105 cm³/mol. The lowest BCUT2D eigenvalue weighted by atomic mass is 10.1. The van der Waals surface area contributed by atoms with Gasteiger partial charge in [0.05, 0.1) is 20.3 Å². The molecule has 0 radical (unpaired) electrons. The van der Waals surface area contributed by atoms with Crippen LogP contribution in [0.1, 0.15) is 11.1 Å². The van der Waals surface area contributed by atoms with Crippen LogP contribution in [0.25, 0.3) is 22.6 Å². The number of hydrogen-bond donors (Lipinski definition) is 1. The van der Waals surface area contributed by atoms with Crippen LogP contribution in [0.5, 0.6) is 0 Å². The minimum absolute atomic E-state index is 0.0456. The number of nitrogens with one attached hydrogen (secondary N) is 1. The quantitative estimate of drug-likeness (QED) is 0.532. The standard InChI is InChI=1S/C21H20N2O5/c1-12-7-5-6-8-15(12)20-23-16-10-14(9-13(2)19(16)28-20)22-17(21(25)27-4)11-18(24)26-3/h5-11,22H,1-4H3/b17-11+. The Morgan fingerprint density at radius 3 is 2.50 bits per heavy atom. The Morgan fingerprint density at radius 1 is 1.07 bits per heavy atom. The number of aryl methyl sites for hydroxylation is 2. The number of oxazole rings is 1. The van der Waals surface area contributed by atoms with E-state index in [9.17, 15) is 9.59 Å². The average Bonchev–Trinajstić information content (AvgIpc) is 3.11. The molecule has 7 nitrogen and oxygen atoms in total. The Morgan fingerprint density at radius 2 is 1.82 bits per heavy atom. The molecule has 0 amide bonds. The Balaban J connectivity index is 2.01. The van der Waals surface area contributed by atoms with E-state index in [1.54, 1.807) is 12.1 Å². The normalized spacial score (nSPS) is 11.4. The molecule has 3 aromatic rings. The summed E-state index contributed by atoms with van der Waals surface area (Å²) in [5.41, 5.74) is 4.59. The molecular weight excluding hydrogens is 360 g/mol. The predicted octanol–water partition coefficient (Wildman–Crippen LogP) is 3.75. The molecule has 0 unspecified atom stereocenters. The summed E-state index contributed by atoms with van der Waals surface area (Å²) in [5.74, 6) is -0.843. The Bertz CT molecular complexity index is 1080. The highest BCUT2D eigenvalue weighted by Crippen LogP contribution is 2.30. The SMILES string of the molecule is COC(=O)/C=C(/Nc1cc(C)c2oc(-c3ccccc3C)nc2c1)C(=O)OC. The molecule has 2 aromatic carbocycles. The maximum Gasteiger partial charge on any atom is 0.354 e. The summed E-state index contributed by atoms with van der Waals surface area (Å²) in [6, 6.07) is 11.4. The second-order valence-electron chi connectivity index (χ2n) is 6.17. The topological polar surface area (TPSA) is 90.7 Å². The molecule has 144 valence electrons. The number of anilines is 1. The van der Waals surface area contributed by atoms with Crippen molar-refractivity contribution in [2.45, 2.75) is 13.8 Å². The Kier molecular flexibility index (Phi) is 5.44. The monoisotopic (exact) mass is 380 g/mol. The second-order valence-corrected chi connectivity index (χ2v) is 6.17. The van der Waals surface area contributed by atoms with Crippen LogP contribution in [0, 0.1) is 13.8 Å². The molecule has 7 heteroatoms. The molecule has 0 aliphatic rings. The maximum absolute atomic E-state index is 11.9. The summed E-state index contributed by atoms with van der Waals surface area (Å²) in [6.45, 7) is 3.87. The van der Waals surface area contributed by atoms with E-state index in [1.165, 1.54) is 14.2 Å². The first-order chi connectivity index (χ1) is 13.4. The van der Waals surface area contributed by atoms with Crippen LogP contribution < -0.4 is 5.32 Å². The molecule has 3 rings (SSSR count). The van der Waals surface area contributed by atoms with Crippen molar-refractivity contribution in [2.24, 2.45) is 0 Å². The van der Waals surface area contributed by atoms with Gasteiger partial charge in [-0.3, -0.25) is 0 Å². The van der Waals surface area contributed by atoms with Crippen molar-refractivity contribution in [3.63, 3.8) is 0 Å². The van der Waals surface area contributed by atoms with Gasteiger partial charge < -0.3 is 19.2 Å². The fourth-order valence-electron chi connectivity index (χ4n) is 2.79. The number of hydrogen-bond acceptors (Lipinski definition) is 7. The number of benzene rings is 2. The van der Waals surface area contributed by atoms with Gasteiger partial charge in [0.25, 0.3) is 0 Å². The van der Waals surface area contributed by atoms with E-state index in [4.69, 9.17) is 9.15 Å². The van der Waals surface area contributed by atoms with Crippen LogP contribution in [0.15, 0.2) is 52.6 Å². The molecule has 28 heavy (non-hydrogen) atoms. The summed E-state index contributed by atoms with van der Waals surface area (Å²) >= 11 is 0. The van der Waals surface area contributed by atoms with Crippen LogP contribution in [0.3, 0.4) is 0 Å². The van der Waals surface area contributed by atoms with Crippen LogP contribution >= 0.6 is 0 Å². The number of carbonyl (C=O) groups is 2. The number of aromatic nitrogens is 1. The highest BCUT2D eigenvalue weighted by Gasteiger charge is 2.16. The summed E-state index contributed by atoms with van der Waals surface area (Å²) in [5, 5.41) is 2.89. The molecule has 0 aliphatic carbocycles. The van der Waals surface area contributed by atoms with Crippen molar-refractivity contribution in [1.82, 2.24) is 4.98 Å². The van der Waals surface area contributed by atoms with Crippen molar-refractivity contribution in [2.75, 3.05) is 19.5 Å². The summed E-state index contributed by atoms with van der Waals surface area (Å²) < 4.78 is 15.2. The lowest BCUT2D eigenvalue weighted by Crippen LogP contribution is -2.15. The molecular formula is C21H20N2O5. The number of carbonyl (C=O) groups excluding carboxylic acids is 2. The summed E-state index contributed by atoms with van der Waals surface area (Å²) in [6.07, 6.45) is 1.03. The molecule has 1 N–H and O–H groups in total. The number of ether oxygens (including phenoxy) is 2. The highest BCUT2D eigenvalue weighted by molar-refractivity contribution is 5.99. The van der Waals surface area contributed by atoms with E-state index in [0.717, 1.165) is 22.8 Å². The van der Waals surface area contributed by atoms with Gasteiger partial charge in [-0.2, -0.15) is 0 Å². The molecule has 0 saturated carbocycles. The van der Waals surface area contributed by atoms with Crippen molar-refractivity contribution < 1.29 is 23.5 Å². The van der Waals surface area contributed by atoms with Crippen LogP contribution in [0.4, 0.5) is 5.69 Å². The smallest absolute Gasteiger partial charge is 0.354 e. The molecule has 0 spiro atoms. The molecule has 0 fully saturated rings. The first kappa shape index (κ1) is 19.2. The van der Waals surface area contributed by atoms with Gasteiger partial charge in [0, 0.05) is 11.3 Å². The van der Waals surface area contributed by atoms with Crippen molar-refractivity contribution in [3.8, 4) is 11.5 Å². The Hall–Kier alpha value is -3.61. The maximum atomic E-state index is 11.9. The van der Waals surface area contributed by atoms with Crippen molar-refractivity contribution in [3.05, 3.63) is 59.3 Å². The van der Waals surface area contributed by atoms with Gasteiger partial charge in [-0.15, -0.1) is 0 Å². The van der Waals surface area contributed by atoms with Gasteiger partial charge in [-0.25, -0.2) is 14.6 Å². The number of nitrogens with zero attached hydrogens (tertiary/aromatic N) is 1. The van der Waals surface area contributed by atoms with Gasteiger partial charge in [0.15, 0.2) is 5.58 Å². The third-order valence-corrected chi connectivity index (χ3v) is 4.20. The third-order valence-electron chi connectivity index (χ3n) is 4.20. The number of rotatable bonds is 5. The zero-order chi connectivity index (χ0) is 20.3. The molecule has 0 saturated heterocycles.